The number of aryl methyl sites for hydroxylation is 1. The van der Waals surface area contributed by atoms with E-state index in [-0.39, 0.29) is 18.2 Å². The summed E-state index contributed by atoms with van der Waals surface area (Å²) in [6.07, 6.45) is 3.11. The fourth-order valence-electron chi connectivity index (χ4n) is 2.52. The summed E-state index contributed by atoms with van der Waals surface area (Å²) in [4.78, 5) is 16.2. The van der Waals surface area contributed by atoms with Crippen molar-refractivity contribution in [3.05, 3.63) is 83.4 Å². The molecule has 0 saturated carbocycles. The first kappa shape index (κ1) is 18.4. The maximum atomic E-state index is 14.3. The Hall–Kier alpha value is -3.41. The Kier molecular flexibility index (Phi) is 5.66. The third-order valence-corrected chi connectivity index (χ3v) is 3.98. The number of hydrogen-bond donors (Lipinski definition) is 1. The van der Waals surface area contributed by atoms with Gasteiger partial charge >= 0.3 is 0 Å². The molecule has 0 bridgehead atoms. The Morgan fingerprint density at radius 2 is 2.00 bits per heavy atom. The van der Waals surface area contributed by atoms with E-state index in [2.05, 4.69) is 10.3 Å². The molecule has 0 spiro atoms. The first-order chi connectivity index (χ1) is 13.1. The average Bonchev–Trinajstić information content (AvgIpc) is 2.69. The van der Waals surface area contributed by atoms with Crippen molar-refractivity contribution in [2.45, 2.75) is 13.5 Å². The number of hydrogen-bond acceptors (Lipinski definition) is 4. The van der Waals surface area contributed by atoms with Gasteiger partial charge in [-0.2, -0.15) is 0 Å². The molecular formula is C21H19FN2O3. The van der Waals surface area contributed by atoms with Crippen LogP contribution in [0, 0.1) is 12.7 Å². The quantitative estimate of drug-likeness (QED) is 0.708. The lowest BCUT2D eigenvalue weighted by molar-refractivity contribution is 0.0950. The van der Waals surface area contributed by atoms with Crippen LogP contribution < -0.4 is 14.8 Å². The Morgan fingerprint density at radius 1 is 1.15 bits per heavy atom. The molecule has 0 aliphatic carbocycles. The molecule has 0 fully saturated rings. The lowest BCUT2D eigenvalue weighted by Crippen LogP contribution is -2.22. The maximum Gasteiger partial charge on any atom is 0.251 e. The van der Waals surface area contributed by atoms with Crippen molar-refractivity contribution in [3.8, 4) is 17.2 Å². The van der Waals surface area contributed by atoms with Crippen molar-refractivity contribution in [1.82, 2.24) is 10.3 Å². The van der Waals surface area contributed by atoms with Gasteiger partial charge in [0.2, 0.25) is 0 Å². The van der Waals surface area contributed by atoms with Gasteiger partial charge in [-0.15, -0.1) is 0 Å². The molecule has 138 valence electrons. The summed E-state index contributed by atoms with van der Waals surface area (Å²) in [7, 11) is 1.56. The summed E-state index contributed by atoms with van der Waals surface area (Å²) in [5, 5.41) is 2.77. The number of nitrogens with zero attached hydrogens (tertiary/aromatic N) is 1. The number of aromatic nitrogens is 1. The molecule has 5 nitrogen and oxygen atoms in total. The molecule has 0 unspecified atom stereocenters. The highest BCUT2D eigenvalue weighted by atomic mass is 19.1. The third-order valence-electron chi connectivity index (χ3n) is 3.98. The Bertz CT molecular complexity index is 945. The van der Waals surface area contributed by atoms with Crippen LogP contribution in [0.1, 0.15) is 21.5 Å². The van der Waals surface area contributed by atoms with E-state index in [9.17, 15) is 9.18 Å². The van der Waals surface area contributed by atoms with Crippen molar-refractivity contribution in [2.24, 2.45) is 0 Å². The van der Waals surface area contributed by atoms with Gasteiger partial charge in [0.15, 0.2) is 11.6 Å². The number of nitrogens with one attached hydrogen (secondary N) is 1. The van der Waals surface area contributed by atoms with Gasteiger partial charge in [0.05, 0.1) is 13.3 Å². The number of methoxy groups -OCH3 is 1. The number of ether oxygens (including phenoxy) is 2. The number of halogens is 1. The standard InChI is InChI=1S/C21H19FN2O3/c1-14-5-7-16(11-20(14)26-2)21(25)24-12-15-6-8-19(18(22)10-15)27-17-4-3-9-23-13-17/h3-11,13H,12H2,1-2H3,(H,24,25). The summed E-state index contributed by atoms with van der Waals surface area (Å²) in [5.41, 5.74) is 2.05. The molecule has 0 aliphatic rings. The first-order valence-corrected chi connectivity index (χ1v) is 8.36. The number of carbonyl (C=O) groups excluding carboxylic acids is 1. The first-order valence-electron chi connectivity index (χ1n) is 8.36. The van der Waals surface area contributed by atoms with Crippen LogP contribution in [0.3, 0.4) is 0 Å². The SMILES string of the molecule is COc1cc(C(=O)NCc2ccc(Oc3cccnc3)c(F)c2)ccc1C. The smallest absolute Gasteiger partial charge is 0.251 e. The lowest BCUT2D eigenvalue weighted by Gasteiger charge is -2.10. The number of rotatable bonds is 6. The van der Waals surface area contributed by atoms with E-state index in [1.165, 1.54) is 18.3 Å². The van der Waals surface area contributed by atoms with Crippen LogP contribution in [0.25, 0.3) is 0 Å². The molecule has 0 aliphatic heterocycles. The van der Waals surface area contributed by atoms with E-state index >= 15 is 0 Å². The summed E-state index contributed by atoms with van der Waals surface area (Å²) in [6, 6.07) is 13.2. The van der Waals surface area contributed by atoms with Gasteiger partial charge in [0, 0.05) is 18.3 Å². The minimum absolute atomic E-state index is 0.0985. The zero-order chi connectivity index (χ0) is 19.2. The predicted molar refractivity (Wildman–Crippen MR) is 99.6 cm³/mol. The van der Waals surface area contributed by atoms with Crippen LogP contribution in [-0.2, 0) is 6.54 Å². The molecule has 1 heterocycles. The number of amides is 1. The molecule has 0 saturated heterocycles. The van der Waals surface area contributed by atoms with Gasteiger partial charge in [-0.1, -0.05) is 12.1 Å². The van der Waals surface area contributed by atoms with E-state index in [4.69, 9.17) is 9.47 Å². The van der Waals surface area contributed by atoms with E-state index in [1.807, 2.05) is 13.0 Å². The summed E-state index contributed by atoms with van der Waals surface area (Å²) < 4.78 is 24.9. The second kappa shape index (κ2) is 8.31. The van der Waals surface area contributed by atoms with Gasteiger partial charge in [-0.25, -0.2) is 4.39 Å². The number of pyridine rings is 1. The van der Waals surface area contributed by atoms with E-state index < -0.39 is 5.82 Å². The molecule has 6 heteroatoms. The highest BCUT2D eigenvalue weighted by molar-refractivity contribution is 5.94. The second-order valence-electron chi connectivity index (χ2n) is 5.92. The second-order valence-corrected chi connectivity index (χ2v) is 5.92. The van der Waals surface area contributed by atoms with Crippen molar-refractivity contribution in [1.29, 1.82) is 0 Å². The molecule has 1 N–H and O–H groups in total. The molecule has 1 aromatic heterocycles. The third kappa shape index (κ3) is 4.61. The monoisotopic (exact) mass is 366 g/mol. The largest absolute Gasteiger partial charge is 0.496 e. The summed E-state index contributed by atoms with van der Waals surface area (Å²) in [5.74, 6) is 0.421. The zero-order valence-corrected chi connectivity index (χ0v) is 15.0. The molecular weight excluding hydrogens is 347 g/mol. The van der Waals surface area contributed by atoms with Crippen LogP contribution in [0.5, 0.6) is 17.2 Å². The molecule has 27 heavy (non-hydrogen) atoms. The van der Waals surface area contributed by atoms with Gasteiger partial charge < -0.3 is 14.8 Å². The van der Waals surface area contributed by atoms with Crippen LogP contribution >= 0.6 is 0 Å². The Labute approximate surface area is 156 Å². The Balaban J connectivity index is 1.64. The minimum Gasteiger partial charge on any atom is -0.496 e. The topological polar surface area (TPSA) is 60.5 Å². The van der Waals surface area contributed by atoms with Crippen molar-refractivity contribution in [3.63, 3.8) is 0 Å². The molecule has 0 radical (unpaired) electrons. The lowest BCUT2D eigenvalue weighted by atomic mass is 10.1. The van der Waals surface area contributed by atoms with Gasteiger partial charge in [0.1, 0.15) is 11.5 Å². The van der Waals surface area contributed by atoms with Crippen LogP contribution in [-0.4, -0.2) is 18.0 Å². The average molecular weight is 366 g/mol. The van der Waals surface area contributed by atoms with Crippen LogP contribution in [0.4, 0.5) is 4.39 Å². The van der Waals surface area contributed by atoms with Gasteiger partial charge in [0.25, 0.3) is 5.91 Å². The van der Waals surface area contributed by atoms with Gasteiger partial charge in [-0.3, -0.25) is 9.78 Å². The van der Waals surface area contributed by atoms with Crippen molar-refractivity contribution in [2.75, 3.05) is 7.11 Å². The molecule has 3 aromatic rings. The Morgan fingerprint density at radius 3 is 2.70 bits per heavy atom. The highest BCUT2D eigenvalue weighted by Gasteiger charge is 2.10. The minimum atomic E-state index is -0.511. The molecule has 3 rings (SSSR count). The zero-order valence-electron chi connectivity index (χ0n) is 15.0. The fourth-order valence-corrected chi connectivity index (χ4v) is 2.52. The predicted octanol–water partition coefficient (Wildman–Crippen LogP) is 4.26. The van der Waals surface area contributed by atoms with Gasteiger partial charge in [-0.05, 0) is 54.4 Å². The van der Waals surface area contributed by atoms with E-state index in [0.717, 1.165) is 5.56 Å². The van der Waals surface area contributed by atoms with Crippen LogP contribution in [0.2, 0.25) is 0 Å². The van der Waals surface area contributed by atoms with E-state index in [0.29, 0.717) is 22.6 Å². The molecule has 0 atom stereocenters. The normalized spacial score (nSPS) is 10.3. The van der Waals surface area contributed by atoms with Crippen molar-refractivity contribution < 1.29 is 18.7 Å². The summed E-state index contributed by atoms with van der Waals surface area (Å²) >= 11 is 0. The molecule has 2 aromatic carbocycles. The maximum absolute atomic E-state index is 14.3. The fraction of sp³-hybridized carbons (Fsp3) is 0.143. The number of carbonyl (C=O) groups is 1. The van der Waals surface area contributed by atoms with E-state index in [1.54, 1.807) is 43.6 Å². The summed E-state index contributed by atoms with van der Waals surface area (Å²) in [6.45, 7) is 2.09. The highest BCUT2D eigenvalue weighted by Crippen LogP contribution is 2.24. The van der Waals surface area contributed by atoms with Crippen LogP contribution in [0.15, 0.2) is 60.9 Å². The van der Waals surface area contributed by atoms with Crippen molar-refractivity contribution >= 4 is 5.91 Å². The number of benzene rings is 2. The molecule has 1 amide bonds.